The minimum Gasteiger partial charge on any atom is -0.357 e. The van der Waals surface area contributed by atoms with Crippen LogP contribution in [0.25, 0.3) is 11.1 Å². The summed E-state index contributed by atoms with van der Waals surface area (Å²) in [7, 11) is -2.38. The lowest BCUT2D eigenvalue weighted by Gasteiger charge is -2.35. The fourth-order valence-electron chi connectivity index (χ4n) is 4.50. The van der Waals surface area contributed by atoms with Crippen LogP contribution in [-0.2, 0) is 26.2 Å². The molecule has 1 aromatic heterocycles. The topological polar surface area (TPSA) is 122 Å². The largest absolute Gasteiger partial charge is 0.357 e. The first-order chi connectivity index (χ1) is 18.9. The lowest BCUT2D eigenvalue weighted by molar-refractivity contribution is -0.143. The second-order valence-corrected chi connectivity index (χ2v) is 12.2. The number of anilines is 1. The number of aromatic nitrogens is 1. The number of rotatable bonds is 12. The fourth-order valence-corrected chi connectivity index (χ4v) is 5.78. The minimum absolute atomic E-state index is 0.0308. The number of likely N-dealkylation sites (N-methyl/N-ethyl adjacent to an activating group) is 1. The molecule has 0 fully saturated rings. The maximum absolute atomic E-state index is 13.3. The van der Waals surface area contributed by atoms with Crippen LogP contribution in [0, 0.1) is 25.7 Å². The average molecular weight is 569 g/mol. The Hall–Kier alpha value is -3.66. The van der Waals surface area contributed by atoms with Crippen molar-refractivity contribution in [3.8, 4) is 11.1 Å². The number of sulfonamides is 1. The predicted octanol–water partition coefficient (Wildman–Crippen LogP) is 5.29. The van der Waals surface area contributed by atoms with Gasteiger partial charge < -0.3 is 14.7 Å². The molecule has 0 aliphatic rings. The second kappa shape index (κ2) is 13.1. The molecule has 3 aromatic rings. The Morgan fingerprint density at radius 2 is 1.68 bits per heavy atom. The molecule has 1 heterocycles. The van der Waals surface area contributed by atoms with Crippen molar-refractivity contribution < 1.29 is 22.5 Å². The first-order valence-electron chi connectivity index (χ1n) is 13.5. The van der Waals surface area contributed by atoms with E-state index in [1.807, 2.05) is 52.0 Å². The number of aryl methyl sites for hydroxylation is 1. The molecule has 0 radical (unpaired) electrons. The van der Waals surface area contributed by atoms with Crippen molar-refractivity contribution in [1.82, 2.24) is 15.4 Å². The van der Waals surface area contributed by atoms with Crippen LogP contribution in [0.5, 0.6) is 0 Å². The SMILES string of the molecule is CCC(C)C(C(=O)NC)N(Cc1ccc(-c2ccccc2S(=O)(=O)Nc2onc(C)c2C)cc1)C(=O)CC(C)C. The van der Waals surface area contributed by atoms with Gasteiger partial charge in [0.25, 0.3) is 10.0 Å². The Kier molecular flexibility index (Phi) is 10.1. The van der Waals surface area contributed by atoms with E-state index in [1.54, 1.807) is 44.0 Å². The van der Waals surface area contributed by atoms with E-state index in [1.165, 1.54) is 6.07 Å². The Morgan fingerprint density at radius 3 is 2.23 bits per heavy atom. The van der Waals surface area contributed by atoms with Crippen LogP contribution in [0.4, 0.5) is 5.88 Å². The zero-order chi connectivity index (χ0) is 29.6. The third kappa shape index (κ3) is 7.10. The van der Waals surface area contributed by atoms with Gasteiger partial charge in [-0.1, -0.05) is 81.7 Å². The number of hydrogen-bond acceptors (Lipinski definition) is 6. The summed E-state index contributed by atoms with van der Waals surface area (Å²) >= 11 is 0. The number of amides is 2. The molecule has 2 aromatic carbocycles. The third-order valence-electron chi connectivity index (χ3n) is 7.12. The molecule has 2 atom stereocenters. The minimum atomic E-state index is -3.97. The van der Waals surface area contributed by atoms with Gasteiger partial charge in [-0.15, -0.1) is 0 Å². The van der Waals surface area contributed by atoms with Gasteiger partial charge in [0.15, 0.2) is 0 Å². The lowest BCUT2D eigenvalue weighted by Crippen LogP contribution is -2.51. The number of nitrogens with zero attached hydrogens (tertiary/aromatic N) is 2. The monoisotopic (exact) mass is 568 g/mol. The Labute approximate surface area is 237 Å². The van der Waals surface area contributed by atoms with E-state index in [-0.39, 0.29) is 41.0 Å². The summed E-state index contributed by atoms with van der Waals surface area (Å²) in [6.45, 7) is 11.7. The van der Waals surface area contributed by atoms with Crippen LogP contribution < -0.4 is 10.0 Å². The Balaban J connectivity index is 1.94. The summed E-state index contributed by atoms with van der Waals surface area (Å²) in [6, 6.07) is 13.5. The van der Waals surface area contributed by atoms with Gasteiger partial charge >= 0.3 is 0 Å². The highest BCUT2D eigenvalue weighted by Crippen LogP contribution is 2.30. The molecule has 10 heteroatoms. The van der Waals surface area contributed by atoms with E-state index in [2.05, 4.69) is 15.2 Å². The highest BCUT2D eigenvalue weighted by molar-refractivity contribution is 7.92. The highest BCUT2D eigenvalue weighted by atomic mass is 32.2. The Morgan fingerprint density at radius 1 is 1.02 bits per heavy atom. The summed E-state index contributed by atoms with van der Waals surface area (Å²) in [5, 5.41) is 6.55. The predicted molar refractivity (Wildman–Crippen MR) is 156 cm³/mol. The summed E-state index contributed by atoms with van der Waals surface area (Å²) < 4.78 is 34.3. The smallest absolute Gasteiger partial charge is 0.264 e. The van der Waals surface area contributed by atoms with Crippen LogP contribution in [0.1, 0.15) is 57.4 Å². The molecule has 3 rings (SSSR count). The zero-order valence-electron chi connectivity index (χ0n) is 24.3. The van der Waals surface area contributed by atoms with Crippen molar-refractivity contribution in [2.45, 2.75) is 71.9 Å². The van der Waals surface area contributed by atoms with Crippen molar-refractivity contribution in [2.75, 3.05) is 11.8 Å². The van der Waals surface area contributed by atoms with E-state index in [9.17, 15) is 18.0 Å². The van der Waals surface area contributed by atoms with E-state index in [0.717, 1.165) is 12.0 Å². The highest BCUT2D eigenvalue weighted by Gasteiger charge is 2.33. The van der Waals surface area contributed by atoms with E-state index in [0.29, 0.717) is 28.8 Å². The van der Waals surface area contributed by atoms with Gasteiger partial charge in [-0.2, -0.15) is 0 Å². The number of carbonyl (C=O) groups excluding carboxylic acids is 2. The maximum Gasteiger partial charge on any atom is 0.264 e. The van der Waals surface area contributed by atoms with Gasteiger partial charge in [0.2, 0.25) is 17.7 Å². The van der Waals surface area contributed by atoms with Crippen LogP contribution in [0.2, 0.25) is 0 Å². The quantitative estimate of drug-likeness (QED) is 0.306. The molecule has 0 aliphatic carbocycles. The van der Waals surface area contributed by atoms with Gasteiger partial charge in [0, 0.05) is 31.1 Å². The normalized spacial score (nSPS) is 13.1. The van der Waals surface area contributed by atoms with Crippen molar-refractivity contribution >= 4 is 27.7 Å². The summed E-state index contributed by atoms with van der Waals surface area (Å²) in [5.74, 6) is -0.0609. The van der Waals surface area contributed by atoms with Crippen LogP contribution in [0.3, 0.4) is 0 Å². The maximum atomic E-state index is 13.3. The average Bonchev–Trinajstić information content (AvgIpc) is 3.23. The van der Waals surface area contributed by atoms with Crippen molar-refractivity contribution in [1.29, 1.82) is 0 Å². The summed E-state index contributed by atoms with van der Waals surface area (Å²) in [5.41, 5.74) is 3.28. The number of hydrogen-bond donors (Lipinski definition) is 2. The van der Waals surface area contributed by atoms with Crippen LogP contribution >= 0.6 is 0 Å². The first kappa shape index (κ1) is 30.9. The van der Waals surface area contributed by atoms with Gasteiger partial charge in [0.1, 0.15) is 6.04 Å². The van der Waals surface area contributed by atoms with Crippen LogP contribution in [0.15, 0.2) is 57.9 Å². The molecule has 2 unspecified atom stereocenters. The molecule has 216 valence electrons. The second-order valence-electron chi connectivity index (χ2n) is 10.6. The van der Waals surface area contributed by atoms with E-state index < -0.39 is 16.1 Å². The molecule has 0 spiro atoms. The molecule has 0 bridgehead atoms. The molecule has 0 aliphatic heterocycles. The van der Waals surface area contributed by atoms with Crippen molar-refractivity contribution in [3.05, 3.63) is 65.4 Å². The third-order valence-corrected chi connectivity index (χ3v) is 8.50. The lowest BCUT2D eigenvalue weighted by atomic mass is 9.94. The molecule has 9 nitrogen and oxygen atoms in total. The zero-order valence-corrected chi connectivity index (χ0v) is 25.1. The molecular formula is C30H40N4O5S. The number of nitrogens with one attached hydrogen (secondary N) is 2. The molecule has 2 amide bonds. The van der Waals surface area contributed by atoms with E-state index >= 15 is 0 Å². The van der Waals surface area contributed by atoms with Crippen molar-refractivity contribution in [2.24, 2.45) is 11.8 Å². The number of benzene rings is 2. The van der Waals surface area contributed by atoms with Gasteiger partial charge in [-0.3, -0.25) is 9.59 Å². The molecule has 0 saturated heterocycles. The van der Waals surface area contributed by atoms with E-state index in [4.69, 9.17) is 4.52 Å². The molecule has 40 heavy (non-hydrogen) atoms. The molecule has 0 saturated carbocycles. The standard InChI is InChI=1S/C30H40N4O5S/c1-8-20(4)28(29(36)31-7)34(27(35)17-19(2)3)18-23-13-15-24(16-14-23)25-11-9-10-12-26(25)40(37,38)33-30-21(5)22(6)32-39-30/h9-16,19-20,28,33H,8,17-18H2,1-7H3,(H,31,36). The van der Waals surface area contributed by atoms with Gasteiger partial charge in [0.05, 0.1) is 10.6 Å². The fraction of sp³-hybridized carbons (Fsp3) is 0.433. The molecular weight excluding hydrogens is 528 g/mol. The Bertz CT molecular complexity index is 1430. The summed E-state index contributed by atoms with van der Waals surface area (Å²) in [4.78, 5) is 28.0. The number of carbonyl (C=O) groups is 2. The molecule has 2 N–H and O–H groups in total. The van der Waals surface area contributed by atoms with Crippen molar-refractivity contribution in [3.63, 3.8) is 0 Å². The van der Waals surface area contributed by atoms with Gasteiger partial charge in [-0.25, -0.2) is 13.1 Å². The van der Waals surface area contributed by atoms with Gasteiger partial charge in [-0.05, 0) is 42.9 Å². The summed E-state index contributed by atoms with van der Waals surface area (Å²) in [6.07, 6.45) is 1.08. The van der Waals surface area contributed by atoms with Crippen LogP contribution in [-0.4, -0.2) is 43.4 Å². The first-order valence-corrected chi connectivity index (χ1v) is 15.0.